The smallest absolute Gasteiger partial charge is 0.307 e. The largest absolute Gasteiger partial charge is 0.481 e. The molecule has 0 amide bonds. The second kappa shape index (κ2) is 8.88. The minimum absolute atomic E-state index is 0.358. The van der Waals surface area contributed by atoms with Gasteiger partial charge in [-0.1, -0.05) is 51.0 Å². The van der Waals surface area contributed by atoms with E-state index in [9.17, 15) is 4.79 Å². The molecule has 4 heteroatoms. The van der Waals surface area contributed by atoms with E-state index in [2.05, 4.69) is 31.5 Å². The molecule has 0 radical (unpaired) electrons. The number of carboxylic acid groups (broad SMARTS) is 1. The van der Waals surface area contributed by atoms with Gasteiger partial charge in [-0.05, 0) is 12.3 Å². The number of unbranched alkanes of at least 4 members (excludes halogenated alkanes) is 1. The molecule has 1 rings (SSSR count). The Bertz CT molecular complexity index is 325. The predicted octanol–water partition coefficient (Wildman–Crippen LogP) is 2.78. The first-order valence-corrected chi connectivity index (χ1v) is 7.07. The third kappa shape index (κ3) is 6.03. The molecular weight excluding hydrogens is 242 g/mol. The molecule has 0 fully saturated rings. The Morgan fingerprint density at radius 1 is 1.42 bits per heavy atom. The van der Waals surface area contributed by atoms with Crippen LogP contribution in [0, 0.1) is 17.8 Å². The van der Waals surface area contributed by atoms with Gasteiger partial charge >= 0.3 is 5.97 Å². The van der Waals surface area contributed by atoms with Gasteiger partial charge in [-0.25, -0.2) is 5.48 Å². The molecule has 3 atom stereocenters. The van der Waals surface area contributed by atoms with Crippen LogP contribution in [-0.2, 0) is 9.63 Å². The highest BCUT2D eigenvalue weighted by Gasteiger charge is 2.17. The van der Waals surface area contributed by atoms with Crippen molar-refractivity contribution in [1.82, 2.24) is 5.48 Å². The number of carbonyl (C=O) groups is 1. The van der Waals surface area contributed by atoms with Crippen molar-refractivity contribution in [2.75, 3.05) is 13.2 Å². The van der Waals surface area contributed by atoms with E-state index < -0.39 is 5.97 Å². The predicted molar refractivity (Wildman–Crippen MR) is 75.5 cm³/mol. The Hall–Kier alpha value is -1.13. The van der Waals surface area contributed by atoms with Crippen LogP contribution in [0.2, 0.25) is 0 Å². The number of hydroxylamine groups is 1. The van der Waals surface area contributed by atoms with E-state index >= 15 is 0 Å². The Kier molecular flexibility index (Phi) is 7.45. The summed E-state index contributed by atoms with van der Waals surface area (Å²) in [5.41, 5.74) is 2.80. The Morgan fingerprint density at radius 2 is 2.16 bits per heavy atom. The molecule has 0 aliphatic heterocycles. The van der Waals surface area contributed by atoms with Crippen molar-refractivity contribution in [3.05, 3.63) is 24.3 Å². The molecule has 0 heterocycles. The minimum Gasteiger partial charge on any atom is -0.481 e. The van der Waals surface area contributed by atoms with Crippen LogP contribution in [0.25, 0.3) is 0 Å². The SMILES string of the molecule is CCCC[C@H](CNOCC1C=CC=CC1C)C(=O)O. The lowest BCUT2D eigenvalue weighted by Crippen LogP contribution is -2.30. The molecule has 0 saturated heterocycles. The van der Waals surface area contributed by atoms with Gasteiger partial charge in [0, 0.05) is 12.5 Å². The zero-order chi connectivity index (χ0) is 14.1. The van der Waals surface area contributed by atoms with E-state index in [1.165, 1.54) is 0 Å². The fraction of sp³-hybridized carbons (Fsp3) is 0.667. The lowest BCUT2D eigenvalue weighted by molar-refractivity contribution is -0.143. The number of nitrogens with one attached hydrogen (secondary N) is 1. The fourth-order valence-electron chi connectivity index (χ4n) is 2.05. The number of aliphatic carboxylic acids is 1. The molecule has 19 heavy (non-hydrogen) atoms. The van der Waals surface area contributed by atoms with Gasteiger partial charge in [-0.2, -0.15) is 0 Å². The van der Waals surface area contributed by atoms with Crippen LogP contribution < -0.4 is 5.48 Å². The first kappa shape index (κ1) is 15.9. The minimum atomic E-state index is -0.751. The van der Waals surface area contributed by atoms with Gasteiger partial charge in [0.2, 0.25) is 0 Å². The molecule has 2 unspecified atom stereocenters. The van der Waals surface area contributed by atoms with Crippen molar-refractivity contribution < 1.29 is 14.7 Å². The van der Waals surface area contributed by atoms with Crippen molar-refractivity contribution in [3.8, 4) is 0 Å². The summed E-state index contributed by atoms with van der Waals surface area (Å²) in [5, 5.41) is 9.07. The van der Waals surface area contributed by atoms with Crippen molar-refractivity contribution in [3.63, 3.8) is 0 Å². The molecule has 4 nitrogen and oxygen atoms in total. The maximum Gasteiger partial charge on any atom is 0.307 e. The van der Waals surface area contributed by atoms with Crippen LogP contribution in [0.5, 0.6) is 0 Å². The standard InChI is InChI=1S/C15H25NO3/c1-3-4-8-13(15(17)18)10-16-19-11-14-9-6-5-7-12(14)2/h5-7,9,12-14,16H,3-4,8,10-11H2,1-2H3,(H,17,18)/t12?,13-,14?/m1/s1. The molecule has 108 valence electrons. The Labute approximate surface area is 115 Å². The van der Waals surface area contributed by atoms with Crippen LogP contribution in [-0.4, -0.2) is 24.2 Å². The van der Waals surface area contributed by atoms with Gasteiger partial charge in [0.1, 0.15) is 0 Å². The lowest BCUT2D eigenvalue weighted by atomic mass is 9.91. The molecule has 1 aliphatic rings. The molecule has 0 saturated carbocycles. The monoisotopic (exact) mass is 267 g/mol. The van der Waals surface area contributed by atoms with E-state index in [4.69, 9.17) is 9.94 Å². The van der Waals surface area contributed by atoms with E-state index in [-0.39, 0.29) is 5.92 Å². The average Bonchev–Trinajstić information content (AvgIpc) is 2.39. The molecule has 0 bridgehead atoms. The fourth-order valence-corrected chi connectivity index (χ4v) is 2.05. The molecule has 0 spiro atoms. The summed E-state index contributed by atoms with van der Waals surface area (Å²) in [7, 11) is 0. The first-order chi connectivity index (χ1) is 9.15. The molecule has 2 N–H and O–H groups in total. The average molecular weight is 267 g/mol. The molecule has 1 aliphatic carbocycles. The second-order valence-corrected chi connectivity index (χ2v) is 5.13. The first-order valence-electron chi connectivity index (χ1n) is 7.07. The molecule has 0 aromatic heterocycles. The number of hydrogen-bond donors (Lipinski definition) is 2. The van der Waals surface area contributed by atoms with E-state index in [1.54, 1.807) is 0 Å². The Morgan fingerprint density at radius 3 is 2.79 bits per heavy atom. The van der Waals surface area contributed by atoms with Gasteiger partial charge in [-0.3, -0.25) is 4.79 Å². The summed E-state index contributed by atoms with van der Waals surface area (Å²) >= 11 is 0. The van der Waals surface area contributed by atoms with Crippen LogP contribution in [0.3, 0.4) is 0 Å². The van der Waals surface area contributed by atoms with Gasteiger partial charge in [-0.15, -0.1) is 0 Å². The maximum atomic E-state index is 11.0. The summed E-state index contributed by atoms with van der Waals surface area (Å²) < 4.78 is 0. The topological polar surface area (TPSA) is 58.6 Å². The van der Waals surface area contributed by atoms with Crippen molar-refractivity contribution in [1.29, 1.82) is 0 Å². The van der Waals surface area contributed by atoms with Crippen molar-refractivity contribution in [2.45, 2.75) is 33.1 Å². The number of rotatable bonds is 9. The van der Waals surface area contributed by atoms with Gasteiger partial charge in [0.15, 0.2) is 0 Å². The maximum absolute atomic E-state index is 11.0. The van der Waals surface area contributed by atoms with Gasteiger partial charge < -0.3 is 9.94 Å². The zero-order valence-corrected chi connectivity index (χ0v) is 11.8. The van der Waals surface area contributed by atoms with E-state index in [0.717, 1.165) is 12.8 Å². The second-order valence-electron chi connectivity index (χ2n) is 5.13. The molecule has 0 aromatic rings. The van der Waals surface area contributed by atoms with Crippen LogP contribution >= 0.6 is 0 Å². The zero-order valence-electron chi connectivity index (χ0n) is 11.8. The van der Waals surface area contributed by atoms with E-state index in [0.29, 0.717) is 31.4 Å². The quantitative estimate of drug-likeness (QED) is 0.498. The highest BCUT2D eigenvalue weighted by molar-refractivity contribution is 5.70. The molecular formula is C15H25NO3. The van der Waals surface area contributed by atoms with Gasteiger partial charge in [0.05, 0.1) is 12.5 Å². The highest BCUT2D eigenvalue weighted by atomic mass is 16.6. The van der Waals surface area contributed by atoms with Crippen LogP contribution in [0.15, 0.2) is 24.3 Å². The third-order valence-electron chi connectivity index (χ3n) is 3.52. The van der Waals surface area contributed by atoms with Crippen molar-refractivity contribution >= 4 is 5.97 Å². The van der Waals surface area contributed by atoms with E-state index in [1.807, 2.05) is 12.2 Å². The lowest BCUT2D eigenvalue weighted by Gasteiger charge is -2.20. The number of allylic oxidation sites excluding steroid dienone is 3. The number of hydrogen-bond acceptors (Lipinski definition) is 3. The summed E-state index contributed by atoms with van der Waals surface area (Å²) in [5.74, 6) is -0.295. The normalized spacial score (nSPS) is 23.5. The number of carboxylic acids is 1. The van der Waals surface area contributed by atoms with Crippen LogP contribution in [0.4, 0.5) is 0 Å². The molecule has 0 aromatic carbocycles. The van der Waals surface area contributed by atoms with Crippen molar-refractivity contribution in [2.24, 2.45) is 17.8 Å². The third-order valence-corrected chi connectivity index (χ3v) is 3.52. The summed E-state index contributed by atoms with van der Waals surface area (Å²) in [6.07, 6.45) is 11.0. The van der Waals surface area contributed by atoms with Crippen LogP contribution in [0.1, 0.15) is 33.1 Å². The Balaban J connectivity index is 2.19. The highest BCUT2D eigenvalue weighted by Crippen LogP contribution is 2.18. The summed E-state index contributed by atoms with van der Waals surface area (Å²) in [6, 6.07) is 0. The summed E-state index contributed by atoms with van der Waals surface area (Å²) in [6.45, 7) is 5.15. The van der Waals surface area contributed by atoms with Gasteiger partial charge in [0.25, 0.3) is 0 Å². The summed E-state index contributed by atoms with van der Waals surface area (Å²) in [4.78, 5) is 16.4.